The zero-order chi connectivity index (χ0) is 28.0. The number of hydrogen-bond donors (Lipinski definition) is 2. The summed E-state index contributed by atoms with van der Waals surface area (Å²) in [4.78, 5) is 27.0. The second kappa shape index (κ2) is 13.5. The molecule has 2 heterocycles. The molecule has 0 radical (unpaired) electrons. The van der Waals surface area contributed by atoms with Gasteiger partial charge >= 0.3 is 6.09 Å². The summed E-state index contributed by atoms with van der Waals surface area (Å²) >= 11 is 6.60. The molecule has 2 N–H and O–H groups in total. The van der Waals surface area contributed by atoms with Crippen LogP contribution in [0.15, 0.2) is 35.9 Å². The molecule has 0 aliphatic carbocycles. The summed E-state index contributed by atoms with van der Waals surface area (Å²) < 4.78 is 16.8. The molecule has 1 aromatic rings. The van der Waals surface area contributed by atoms with Crippen LogP contribution in [0.1, 0.15) is 52.0 Å². The quantitative estimate of drug-likeness (QED) is 0.536. The van der Waals surface area contributed by atoms with Crippen LogP contribution in [0.25, 0.3) is 0 Å². The molecule has 1 unspecified atom stereocenters. The molecule has 0 aromatic heterocycles. The van der Waals surface area contributed by atoms with Crippen molar-refractivity contribution in [3.63, 3.8) is 0 Å². The Morgan fingerprint density at radius 2 is 1.95 bits per heavy atom. The predicted molar refractivity (Wildman–Crippen MR) is 149 cm³/mol. The number of halogens is 1. The zero-order valence-electron chi connectivity index (χ0n) is 23.2. The van der Waals surface area contributed by atoms with Gasteiger partial charge in [0, 0.05) is 32.9 Å². The van der Waals surface area contributed by atoms with Gasteiger partial charge in [0.15, 0.2) is 0 Å². The number of carbonyl (C=O) groups excluding carboxylic acids is 2. The summed E-state index contributed by atoms with van der Waals surface area (Å²) in [7, 11) is 4.89. The number of nitrogens with one attached hydrogen (secondary N) is 1. The van der Waals surface area contributed by atoms with Gasteiger partial charge in [-0.2, -0.15) is 0 Å². The van der Waals surface area contributed by atoms with Crippen LogP contribution in [0.2, 0.25) is 5.02 Å². The van der Waals surface area contributed by atoms with Crippen molar-refractivity contribution < 1.29 is 28.9 Å². The highest BCUT2D eigenvalue weighted by Crippen LogP contribution is 2.37. The average molecular weight is 549 g/mol. The molecule has 1 saturated heterocycles. The number of aliphatic hydroxyl groups is 1. The first-order chi connectivity index (χ1) is 18.0. The third-order valence-corrected chi connectivity index (χ3v) is 8.05. The number of allylic oxidation sites excluding steroid dienone is 3. The zero-order valence-corrected chi connectivity index (χ0v) is 24.0. The number of fused-ring (bicyclic) bond motifs is 4. The highest BCUT2D eigenvalue weighted by molar-refractivity contribution is 6.35. The number of hydrogen-bond acceptors (Lipinski definition) is 6. The number of benzene rings is 1. The lowest BCUT2D eigenvalue weighted by Gasteiger charge is -2.38. The fourth-order valence-electron chi connectivity index (χ4n) is 5.23. The number of nitrogens with zero attached hydrogens (tertiary/aromatic N) is 1. The number of rotatable bonds is 2. The van der Waals surface area contributed by atoms with Crippen LogP contribution in [0, 0.1) is 11.8 Å². The molecule has 4 bridgehead atoms. The van der Waals surface area contributed by atoms with E-state index >= 15 is 0 Å². The topological polar surface area (TPSA) is 97.3 Å². The Hall–Kier alpha value is -2.55. The molecule has 2 aliphatic rings. The van der Waals surface area contributed by atoms with Crippen LogP contribution in [-0.2, 0) is 20.7 Å². The van der Waals surface area contributed by atoms with E-state index in [9.17, 15) is 14.7 Å². The molecule has 1 aromatic carbocycles. The fraction of sp³-hybridized carbons (Fsp3) is 0.586. The highest BCUT2D eigenvalue weighted by Gasteiger charge is 2.38. The largest absolute Gasteiger partial charge is 0.495 e. The van der Waals surface area contributed by atoms with Crippen LogP contribution in [0.3, 0.4) is 0 Å². The number of anilines is 1. The van der Waals surface area contributed by atoms with Crippen LogP contribution < -0.4 is 15.0 Å². The lowest BCUT2D eigenvalue weighted by Crippen LogP contribution is -2.54. The number of alkyl carbamates (subject to hydrolysis) is 1. The molecule has 6 atom stereocenters. The van der Waals surface area contributed by atoms with Crippen LogP contribution in [0.4, 0.5) is 10.5 Å². The molecule has 1 fully saturated rings. The number of aliphatic hydroxyl groups excluding tert-OH is 1. The first-order valence-electron chi connectivity index (χ1n) is 13.2. The van der Waals surface area contributed by atoms with Crippen LogP contribution in [0.5, 0.6) is 5.75 Å². The lowest BCUT2D eigenvalue weighted by molar-refractivity contribution is -0.118. The minimum atomic E-state index is -0.692. The summed E-state index contributed by atoms with van der Waals surface area (Å²) in [5.74, 6) is 0.0876. The first kappa shape index (κ1) is 30.0. The SMILES string of the molecule is COc1cc2cc(c1Cl)N(C)C(=O)CCC[C@@H](C)[C@@H](O)[C@H](C)[C@@H]1CC(NC(=O)O1)[C@H](OC)/C=C/C=C(\C)C2. The maximum absolute atomic E-state index is 13.1. The minimum Gasteiger partial charge on any atom is -0.495 e. The molecule has 8 nitrogen and oxygen atoms in total. The van der Waals surface area contributed by atoms with Crippen molar-refractivity contribution in [3.8, 4) is 5.75 Å². The Kier molecular flexibility index (Phi) is 10.7. The van der Waals surface area contributed by atoms with Gasteiger partial charge < -0.3 is 29.5 Å². The van der Waals surface area contributed by atoms with E-state index in [1.54, 1.807) is 26.2 Å². The Bertz CT molecular complexity index is 1060. The summed E-state index contributed by atoms with van der Waals surface area (Å²) in [6.07, 6.45) is 6.53. The van der Waals surface area contributed by atoms with E-state index in [-0.39, 0.29) is 29.9 Å². The molecular weight excluding hydrogens is 508 g/mol. The van der Waals surface area contributed by atoms with Crippen molar-refractivity contribution >= 4 is 29.3 Å². The molecule has 210 valence electrons. The molecule has 0 spiro atoms. The van der Waals surface area contributed by atoms with E-state index < -0.39 is 18.3 Å². The Morgan fingerprint density at radius 3 is 2.63 bits per heavy atom. The Labute approximate surface area is 231 Å². The van der Waals surface area contributed by atoms with Crippen LogP contribution in [-0.4, -0.2) is 62.7 Å². The smallest absolute Gasteiger partial charge is 0.407 e. The van der Waals surface area contributed by atoms with Gasteiger partial charge in [0.25, 0.3) is 0 Å². The number of ether oxygens (including phenoxy) is 3. The third-order valence-electron chi connectivity index (χ3n) is 7.67. The second-order valence-electron chi connectivity index (χ2n) is 10.5. The highest BCUT2D eigenvalue weighted by atomic mass is 35.5. The molecule has 0 saturated carbocycles. The monoisotopic (exact) mass is 548 g/mol. The van der Waals surface area contributed by atoms with Crippen molar-refractivity contribution in [3.05, 3.63) is 46.5 Å². The third kappa shape index (κ3) is 7.30. The molecule has 38 heavy (non-hydrogen) atoms. The van der Waals surface area contributed by atoms with Crippen LogP contribution >= 0.6 is 11.6 Å². The van der Waals surface area contributed by atoms with Crippen molar-refractivity contribution in [2.75, 3.05) is 26.2 Å². The molecule has 3 rings (SSSR count). The standard InChI is InChI=1S/C29H41ClN2O6/c1-17-9-7-11-23(36-5)21-16-24(38-29(35)31-21)19(3)28(34)18(2)10-8-12-26(33)32(4)22-14-20(13-17)15-25(37-6)27(22)30/h7,9,11,14-15,18-19,21,23-24,28,34H,8,10,12-13,16H2,1-6H3,(H,31,35)/b11-7+,17-9+/t18-,19-,21?,23-,24+,28-/m1/s1. The normalized spacial score (nSPS) is 31.9. The van der Waals surface area contributed by atoms with E-state index in [4.69, 9.17) is 25.8 Å². The molecule has 2 aliphatic heterocycles. The van der Waals surface area contributed by atoms with Gasteiger partial charge in [-0.1, -0.05) is 49.2 Å². The number of carbonyl (C=O) groups is 2. The van der Waals surface area contributed by atoms with E-state index in [0.29, 0.717) is 48.6 Å². The molecule has 2 amide bonds. The van der Waals surface area contributed by atoms with Gasteiger partial charge in [-0.25, -0.2) is 4.79 Å². The van der Waals surface area contributed by atoms with E-state index in [1.165, 1.54) is 0 Å². The summed E-state index contributed by atoms with van der Waals surface area (Å²) in [5, 5.41) is 14.3. The van der Waals surface area contributed by atoms with Gasteiger partial charge in [0.1, 0.15) is 16.9 Å². The number of amides is 2. The van der Waals surface area contributed by atoms with Gasteiger partial charge in [-0.15, -0.1) is 0 Å². The van der Waals surface area contributed by atoms with Crippen molar-refractivity contribution in [1.29, 1.82) is 0 Å². The second-order valence-corrected chi connectivity index (χ2v) is 10.9. The van der Waals surface area contributed by atoms with E-state index in [2.05, 4.69) is 5.32 Å². The predicted octanol–water partition coefficient (Wildman–Crippen LogP) is 5.06. The van der Waals surface area contributed by atoms with Gasteiger partial charge in [-0.3, -0.25) is 4.79 Å². The van der Waals surface area contributed by atoms with Crippen molar-refractivity contribution in [2.24, 2.45) is 11.8 Å². The number of methoxy groups -OCH3 is 2. The minimum absolute atomic E-state index is 0.0637. The first-order valence-corrected chi connectivity index (χ1v) is 13.6. The van der Waals surface area contributed by atoms with Gasteiger partial charge in [0.05, 0.1) is 31.0 Å². The summed E-state index contributed by atoms with van der Waals surface area (Å²) in [6.45, 7) is 5.88. The maximum atomic E-state index is 13.1. The Balaban J connectivity index is 1.96. The lowest BCUT2D eigenvalue weighted by atomic mass is 9.83. The van der Waals surface area contributed by atoms with E-state index in [1.807, 2.05) is 51.1 Å². The average Bonchev–Trinajstić information content (AvgIpc) is 2.89. The summed E-state index contributed by atoms with van der Waals surface area (Å²) in [5.41, 5.74) is 2.64. The maximum Gasteiger partial charge on any atom is 0.407 e. The van der Waals surface area contributed by atoms with E-state index in [0.717, 1.165) is 11.1 Å². The molecular formula is C29H41ClN2O6. The fourth-order valence-corrected chi connectivity index (χ4v) is 5.54. The van der Waals surface area contributed by atoms with Crippen molar-refractivity contribution in [2.45, 2.75) is 77.2 Å². The van der Waals surface area contributed by atoms with Gasteiger partial charge in [0.2, 0.25) is 5.91 Å². The van der Waals surface area contributed by atoms with Gasteiger partial charge in [-0.05, 0) is 49.8 Å². The van der Waals surface area contributed by atoms with Crippen molar-refractivity contribution in [1.82, 2.24) is 5.32 Å². The molecule has 9 heteroatoms. The summed E-state index contributed by atoms with van der Waals surface area (Å²) in [6, 6.07) is 3.52. The Morgan fingerprint density at radius 1 is 1.21 bits per heavy atom.